The molecule has 4 aromatic rings. The molecule has 1 N–H and O–H groups in total. The minimum atomic E-state index is -4.65. The molecule has 2 aliphatic rings. The Labute approximate surface area is 250 Å². The first-order valence-electron chi connectivity index (χ1n) is 12.5. The molecular weight excluding hydrogens is 613 g/mol. The molecular formula is C29H20ClF3N2O5S2. The minimum absolute atomic E-state index is 0.158. The number of carbonyl (C=O) groups excluding carboxylic acids is 2. The quantitative estimate of drug-likeness (QED) is 0.245. The maximum absolute atomic E-state index is 13.9. The van der Waals surface area contributed by atoms with Crippen molar-refractivity contribution in [1.82, 2.24) is 4.98 Å². The van der Waals surface area contributed by atoms with Crippen LogP contribution < -0.4 is 19.2 Å². The molecule has 1 fully saturated rings. The number of anilines is 1. The molecule has 3 aromatic carbocycles. The van der Waals surface area contributed by atoms with Crippen LogP contribution in [0.5, 0.6) is 11.5 Å². The maximum Gasteiger partial charge on any atom is 0.416 e. The molecule has 3 heterocycles. The number of aromatic nitrogens is 1. The first-order valence-corrected chi connectivity index (χ1v) is 14.6. The molecule has 216 valence electrons. The van der Waals surface area contributed by atoms with Gasteiger partial charge < -0.3 is 14.5 Å². The number of hydrogen-bond donors (Lipinski definition) is 1. The van der Waals surface area contributed by atoms with Gasteiger partial charge in [0.15, 0.2) is 11.5 Å². The van der Waals surface area contributed by atoms with Crippen LogP contribution in [0.4, 0.5) is 18.9 Å². The number of methoxy groups -OCH3 is 1. The monoisotopic (exact) mass is 632 g/mol. The normalized spacial score (nSPS) is 19.9. The number of rotatable bonds is 6. The van der Waals surface area contributed by atoms with E-state index in [1.165, 1.54) is 13.2 Å². The summed E-state index contributed by atoms with van der Waals surface area (Å²) in [4.78, 5) is 43.6. The first kappa shape index (κ1) is 28.4. The van der Waals surface area contributed by atoms with Crippen molar-refractivity contribution in [2.45, 2.75) is 29.0 Å². The number of carbonyl (C=O) groups is 2. The number of thiazole rings is 1. The molecule has 3 atom stereocenters. The average molecular weight is 633 g/mol. The fourth-order valence-electron chi connectivity index (χ4n) is 5.19. The first-order chi connectivity index (χ1) is 20.0. The molecule has 0 bridgehead atoms. The Hall–Kier alpha value is -3.74. The van der Waals surface area contributed by atoms with Crippen molar-refractivity contribution in [3.05, 3.63) is 103 Å². The van der Waals surface area contributed by atoms with Gasteiger partial charge in [-0.05, 0) is 53.6 Å². The van der Waals surface area contributed by atoms with E-state index < -0.39 is 40.6 Å². The predicted octanol–water partition coefficient (Wildman–Crippen LogP) is 6.49. The third-order valence-corrected chi connectivity index (χ3v) is 9.76. The maximum atomic E-state index is 13.9. The van der Waals surface area contributed by atoms with Gasteiger partial charge in [-0.3, -0.25) is 14.4 Å². The van der Waals surface area contributed by atoms with E-state index >= 15 is 0 Å². The van der Waals surface area contributed by atoms with Crippen LogP contribution >= 0.6 is 34.7 Å². The van der Waals surface area contributed by atoms with E-state index in [-0.39, 0.29) is 17.2 Å². The van der Waals surface area contributed by atoms with Gasteiger partial charge in [-0.1, -0.05) is 59.0 Å². The molecule has 2 aliphatic heterocycles. The second-order valence-corrected chi connectivity index (χ2v) is 12.2. The van der Waals surface area contributed by atoms with Crippen LogP contribution in [0.1, 0.15) is 27.5 Å². The van der Waals surface area contributed by atoms with Crippen LogP contribution in [0.3, 0.4) is 0 Å². The summed E-state index contributed by atoms with van der Waals surface area (Å²) in [6, 6.07) is 16.4. The number of alkyl halides is 3. The van der Waals surface area contributed by atoms with Crippen molar-refractivity contribution in [2.75, 3.05) is 12.0 Å². The average Bonchev–Trinajstić information content (AvgIpc) is 3.46. The van der Waals surface area contributed by atoms with Gasteiger partial charge in [0.05, 0.1) is 29.3 Å². The summed E-state index contributed by atoms with van der Waals surface area (Å²) >= 11 is 7.93. The van der Waals surface area contributed by atoms with Crippen molar-refractivity contribution in [1.29, 1.82) is 0 Å². The molecule has 13 heteroatoms. The second-order valence-electron chi connectivity index (χ2n) is 9.64. The highest BCUT2D eigenvalue weighted by molar-refractivity contribution is 8.00. The summed E-state index contributed by atoms with van der Waals surface area (Å²) in [5.74, 6) is -2.20. The lowest BCUT2D eigenvalue weighted by Gasteiger charge is -2.30. The molecule has 0 unspecified atom stereocenters. The van der Waals surface area contributed by atoms with Crippen molar-refractivity contribution < 1.29 is 32.2 Å². The summed E-state index contributed by atoms with van der Waals surface area (Å²) < 4.78 is 51.8. The fraction of sp³-hybridized carbons (Fsp3) is 0.207. The Morgan fingerprint density at radius 2 is 1.74 bits per heavy atom. The number of hydrogen-bond acceptors (Lipinski definition) is 7. The van der Waals surface area contributed by atoms with Gasteiger partial charge in [-0.2, -0.15) is 13.2 Å². The molecule has 1 aromatic heterocycles. The predicted molar refractivity (Wildman–Crippen MR) is 153 cm³/mol. The second kappa shape index (κ2) is 10.8. The third-order valence-electron chi connectivity index (χ3n) is 7.11. The minimum Gasteiger partial charge on any atom is -0.493 e. The van der Waals surface area contributed by atoms with E-state index in [4.69, 9.17) is 21.1 Å². The van der Waals surface area contributed by atoms with Crippen LogP contribution in [-0.4, -0.2) is 29.2 Å². The number of nitrogens with one attached hydrogen (secondary N) is 1. The number of aromatic amines is 1. The van der Waals surface area contributed by atoms with Crippen molar-refractivity contribution >= 4 is 52.2 Å². The van der Waals surface area contributed by atoms with Crippen LogP contribution in [0.2, 0.25) is 5.02 Å². The Kier molecular flexibility index (Phi) is 7.32. The topological polar surface area (TPSA) is 88.7 Å². The molecule has 0 saturated carbocycles. The molecule has 0 spiro atoms. The Balaban J connectivity index is 1.37. The van der Waals surface area contributed by atoms with E-state index in [1.807, 2.05) is 12.1 Å². The highest BCUT2D eigenvalue weighted by Crippen LogP contribution is 2.54. The summed E-state index contributed by atoms with van der Waals surface area (Å²) in [5.41, 5.74) is 0.338. The van der Waals surface area contributed by atoms with E-state index in [2.05, 4.69) is 4.98 Å². The third kappa shape index (κ3) is 5.07. The zero-order chi connectivity index (χ0) is 29.8. The molecule has 0 radical (unpaired) electrons. The number of benzene rings is 3. The summed E-state index contributed by atoms with van der Waals surface area (Å²) in [6.07, 6.45) is -4.65. The summed E-state index contributed by atoms with van der Waals surface area (Å²) in [6.45, 7) is 0.236. The number of fused-ring (bicyclic) bond motifs is 2. The number of nitrogens with zero attached hydrogens (tertiary/aromatic N) is 1. The van der Waals surface area contributed by atoms with Gasteiger partial charge in [0.25, 0.3) is 0 Å². The number of H-pyrrole nitrogens is 1. The van der Waals surface area contributed by atoms with Crippen LogP contribution in [0.25, 0.3) is 0 Å². The van der Waals surface area contributed by atoms with Crippen molar-refractivity contribution in [3.8, 4) is 11.5 Å². The van der Waals surface area contributed by atoms with Gasteiger partial charge in [0.1, 0.15) is 11.9 Å². The lowest BCUT2D eigenvalue weighted by molar-refractivity contribution is -0.137. The number of imide groups is 1. The fourth-order valence-corrected chi connectivity index (χ4v) is 7.83. The van der Waals surface area contributed by atoms with E-state index in [9.17, 15) is 27.6 Å². The zero-order valence-corrected chi connectivity index (χ0v) is 24.0. The lowest BCUT2D eigenvalue weighted by Crippen LogP contribution is -2.32. The van der Waals surface area contributed by atoms with E-state index in [1.54, 1.807) is 30.3 Å². The largest absolute Gasteiger partial charge is 0.493 e. The van der Waals surface area contributed by atoms with Crippen LogP contribution in [0, 0.1) is 5.92 Å². The van der Waals surface area contributed by atoms with Gasteiger partial charge >= 0.3 is 11.0 Å². The number of thioether (sulfide) groups is 1. The van der Waals surface area contributed by atoms with E-state index in [0.29, 0.717) is 32.0 Å². The highest BCUT2D eigenvalue weighted by atomic mass is 35.5. The highest BCUT2D eigenvalue weighted by Gasteiger charge is 2.56. The van der Waals surface area contributed by atoms with Crippen molar-refractivity contribution in [3.63, 3.8) is 0 Å². The lowest BCUT2D eigenvalue weighted by atomic mass is 9.83. The standard InChI is InChI=1S/C29H20ClF3N2O5S2/c1-39-20-11-15(7-10-19(20)40-13-14-5-8-17(30)9-6-14)21-22-24(41-25-23(21)42-28(38)34-25)27(37)35(26(22)36)18-4-2-3-16(12-18)29(31,32)33/h2-12,21-22,24H,13H2,1H3,(H,34,38)/t21-,22-,24+/m0/s1. The molecule has 7 nitrogen and oxygen atoms in total. The summed E-state index contributed by atoms with van der Waals surface area (Å²) in [7, 11) is 1.47. The van der Waals surface area contributed by atoms with Crippen LogP contribution in [-0.2, 0) is 22.4 Å². The van der Waals surface area contributed by atoms with Gasteiger partial charge in [-0.15, -0.1) is 0 Å². The Morgan fingerprint density at radius 3 is 2.45 bits per heavy atom. The molecule has 0 aliphatic carbocycles. The van der Waals surface area contributed by atoms with Gasteiger partial charge in [0.2, 0.25) is 11.8 Å². The van der Waals surface area contributed by atoms with E-state index in [0.717, 1.165) is 51.8 Å². The zero-order valence-electron chi connectivity index (χ0n) is 21.6. The molecule has 2 amide bonds. The Morgan fingerprint density at radius 1 is 0.976 bits per heavy atom. The SMILES string of the molecule is COc1cc([C@@H]2c3sc(=O)[nH]c3S[C@H]3C(=O)N(c4cccc(C(F)(F)F)c4)C(=O)[C@@H]23)ccc1OCc1ccc(Cl)cc1. The molecule has 1 saturated heterocycles. The smallest absolute Gasteiger partial charge is 0.416 e. The molecule has 42 heavy (non-hydrogen) atoms. The van der Waals surface area contributed by atoms with Crippen LogP contribution in [0.15, 0.2) is 76.6 Å². The van der Waals surface area contributed by atoms with Gasteiger partial charge in [-0.25, -0.2) is 4.90 Å². The number of halogens is 4. The van der Waals surface area contributed by atoms with Crippen molar-refractivity contribution in [2.24, 2.45) is 5.92 Å². The number of ether oxygens (including phenoxy) is 2. The van der Waals surface area contributed by atoms with Gasteiger partial charge in [0, 0.05) is 15.8 Å². The summed E-state index contributed by atoms with van der Waals surface area (Å²) in [5, 5.41) is 0.0922. The Bertz CT molecular complexity index is 1760. The number of amides is 2. The molecule has 6 rings (SSSR count).